The Kier molecular flexibility index (Phi) is 15.2. The van der Waals surface area contributed by atoms with E-state index in [0.29, 0.717) is 47.6 Å². The maximum atomic E-state index is 15.4. The fraction of sp³-hybridized carbons (Fsp3) is 0.600. The van der Waals surface area contributed by atoms with Gasteiger partial charge < -0.3 is 19.6 Å². The molecular formula is C55H72Cl2N6O5S. The van der Waals surface area contributed by atoms with Crippen LogP contribution in [0, 0.1) is 29.1 Å². The van der Waals surface area contributed by atoms with Gasteiger partial charge in [0.2, 0.25) is 17.7 Å². The van der Waals surface area contributed by atoms with Gasteiger partial charge in [-0.1, -0.05) is 61.3 Å². The van der Waals surface area contributed by atoms with Crippen molar-refractivity contribution in [1.82, 2.24) is 25.0 Å². The molecule has 3 aromatic rings. The van der Waals surface area contributed by atoms with Gasteiger partial charge in [-0.2, -0.15) is 0 Å². The Labute approximate surface area is 420 Å². The van der Waals surface area contributed by atoms with Gasteiger partial charge in [-0.05, 0) is 161 Å². The molecule has 6 heterocycles. The van der Waals surface area contributed by atoms with Crippen LogP contribution in [-0.2, 0) is 24.2 Å². The van der Waals surface area contributed by atoms with Crippen LogP contribution in [0.2, 0.25) is 10.0 Å². The summed E-state index contributed by atoms with van der Waals surface area (Å²) < 4.78 is 27.4. The van der Waals surface area contributed by atoms with Crippen LogP contribution in [0.15, 0.2) is 78.8 Å². The second-order valence-electron chi connectivity index (χ2n) is 22.1. The molecule has 1 aromatic heterocycles. The number of pyridine rings is 1. The number of allylic oxidation sites excluding steroid dienone is 1. The maximum absolute atomic E-state index is 15.4. The largest absolute Gasteiger partial charge is 0.375 e. The van der Waals surface area contributed by atoms with Crippen molar-refractivity contribution in [1.29, 1.82) is 0 Å². The van der Waals surface area contributed by atoms with Crippen LogP contribution in [0.25, 0.3) is 0 Å². The molecule has 5 fully saturated rings. The number of aromatic nitrogens is 1. The predicted octanol–water partition coefficient (Wildman–Crippen LogP) is 9.82. The van der Waals surface area contributed by atoms with Crippen molar-refractivity contribution in [3.63, 3.8) is 0 Å². The zero-order valence-electron chi connectivity index (χ0n) is 41.0. The molecule has 3 amide bonds. The summed E-state index contributed by atoms with van der Waals surface area (Å²) in [7, 11) is -3.49. The van der Waals surface area contributed by atoms with Gasteiger partial charge in [0.25, 0.3) is 0 Å². The third kappa shape index (κ3) is 11.1. The molecule has 69 heavy (non-hydrogen) atoms. The van der Waals surface area contributed by atoms with Crippen molar-refractivity contribution < 1.29 is 22.8 Å². The number of imide groups is 1. The van der Waals surface area contributed by atoms with Crippen molar-refractivity contribution >= 4 is 56.4 Å². The van der Waals surface area contributed by atoms with Gasteiger partial charge in [-0.25, -0.2) is 8.42 Å². The number of amides is 3. The van der Waals surface area contributed by atoms with Gasteiger partial charge in [-0.15, -0.1) is 0 Å². The minimum absolute atomic E-state index is 0.0284. The second kappa shape index (κ2) is 21.0. The summed E-state index contributed by atoms with van der Waals surface area (Å²) in [4.78, 5) is 53.7. The lowest BCUT2D eigenvalue weighted by Crippen LogP contribution is -2.61. The van der Waals surface area contributed by atoms with E-state index in [-0.39, 0.29) is 41.2 Å². The monoisotopic (exact) mass is 998 g/mol. The number of likely N-dealkylation sites (tertiary alicyclic amines) is 3. The molecule has 1 N–H and O–H groups in total. The first-order valence-electron chi connectivity index (χ1n) is 25.8. The highest BCUT2D eigenvalue weighted by Crippen LogP contribution is 2.58. The molecule has 5 saturated heterocycles. The Balaban J connectivity index is 0.797. The van der Waals surface area contributed by atoms with E-state index in [4.69, 9.17) is 23.2 Å². The van der Waals surface area contributed by atoms with Gasteiger partial charge in [0.1, 0.15) is 0 Å². The molecule has 11 nitrogen and oxygen atoms in total. The standard InChI is InChI=1S/C55H72Cl2N6O5S/c1-36(2)50(35-69(67,68)37(3)4)63-52(41-8-10-44(56)11-9-41)49(42-6-5-7-45(57)27-42)31-55(54(63)66)29-47(30-55)62-22-16-39(17-23-62)26-38-14-20-60(21-15-38)34-40-18-24-61(25-19-40)46-28-43(32-58-33-46)48-12-13-51(64)59-53(48)65/h5-11,27-29,32-33,36-40,48-50,52H,12-26,30-31,34-35H2,1-4H3,(H,59,64,65)/t48?,49-,50-,52-,55+/m1/s1. The Hall–Kier alpha value is -3.97. The highest BCUT2D eigenvalue weighted by molar-refractivity contribution is 7.92. The lowest BCUT2D eigenvalue weighted by Gasteiger charge is -2.56. The number of carbonyl (C=O) groups excluding carboxylic acids is 3. The van der Waals surface area contributed by atoms with Crippen molar-refractivity contribution in [2.24, 2.45) is 29.1 Å². The number of benzene rings is 2. The number of hydrogen-bond acceptors (Lipinski definition) is 9. The van der Waals surface area contributed by atoms with E-state index in [1.165, 1.54) is 57.4 Å². The zero-order chi connectivity index (χ0) is 48.6. The summed E-state index contributed by atoms with van der Waals surface area (Å²) in [6.45, 7) is 15.1. The van der Waals surface area contributed by atoms with E-state index in [1.54, 1.807) is 20.0 Å². The number of carbonyl (C=O) groups is 3. The molecule has 0 saturated carbocycles. The SMILES string of the molecule is CC(C)[C@@H](CS(=O)(=O)C(C)C)N1C(=O)[C@]2(C=C(N3CCC(CC4CCN(CC5CCN(c6cncc(C7CCC(=O)NC7=O)c6)CC5)CC4)CC3)C2)C[C@H](c2cccc(Cl)c2)[C@H]1c1ccc(Cl)cc1. The molecule has 1 unspecified atom stereocenters. The predicted molar refractivity (Wildman–Crippen MR) is 275 cm³/mol. The zero-order valence-corrected chi connectivity index (χ0v) is 43.3. The van der Waals surface area contributed by atoms with E-state index in [2.05, 4.69) is 43.2 Å². The van der Waals surface area contributed by atoms with E-state index in [0.717, 1.165) is 67.3 Å². The van der Waals surface area contributed by atoms with Crippen LogP contribution in [0.4, 0.5) is 5.69 Å². The fourth-order valence-electron chi connectivity index (χ4n) is 12.6. The smallest absolute Gasteiger partial charge is 0.234 e. The Morgan fingerprint density at radius 1 is 0.754 bits per heavy atom. The van der Waals surface area contributed by atoms with E-state index >= 15 is 4.79 Å². The van der Waals surface area contributed by atoms with Crippen LogP contribution in [0.3, 0.4) is 0 Å². The average Bonchev–Trinajstić information content (AvgIpc) is 3.31. The molecule has 14 heteroatoms. The minimum atomic E-state index is -3.49. The summed E-state index contributed by atoms with van der Waals surface area (Å²) in [6.07, 6.45) is 16.6. The fourth-order valence-corrected chi connectivity index (χ4v) is 14.3. The number of hydrogen-bond donors (Lipinski definition) is 1. The molecule has 2 aromatic carbocycles. The summed E-state index contributed by atoms with van der Waals surface area (Å²) in [5.74, 6) is 1.17. The summed E-state index contributed by atoms with van der Waals surface area (Å²) in [5, 5.41) is 3.18. The van der Waals surface area contributed by atoms with Gasteiger partial charge in [0.05, 0.1) is 40.3 Å². The van der Waals surface area contributed by atoms with Gasteiger partial charge in [0.15, 0.2) is 9.84 Å². The van der Waals surface area contributed by atoms with Crippen LogP contribution in [0.1, 0.15) is 133 Å². The van der Waals surface area contributed by atoms with Crippen molar-refractivity contribution in [2.45, 2.75) is 127 Å². The molecule has 9 rings (SSSR count). The maximum Gasteiger partial charge on any atom is 0.234 e. The summed E-state index contributed by atoms with van der Waals surface area (Å²) in [6, 6.07) is 16.9. The van der Waals surface area contributed by atoms with E-state index < -0.39 is 32.6 Å². The Morgan fingerprint density at radius 2 is 1.41 bits per heavy atom. The molecule has 6 aliphatic rings. The molecule has 5 aliphatic heterocycles. The van der Waals surface area contributed by atoms with E-state index in [9.17, 15) is 18.0 Å². The number of nitrogens with one attached hydrogen (secondary N) is 1. The highest BCUT2D eigenvalue weighted by Gasteiger charge is 2.57. The number of anilines is 1. The van der Waals surface area contributed by atoms with Crippen LogP contribution < -0.4 is 10.2 Å². The number of halogens is 2. The number of sulfone groups is 1. The van der Waals surface area contributed by atoms with Gasteiger partial charge in [-0.3, -0.25) is 24.7 Å². The van der Waals surface area contributed by atoms with Crippen LogP contribution >= 0.6 is 23.2 Å². The van der Waals surface area contributed by atoms with Crippen LogP contribution in [0.5, 0.6) is 0 Å². The molecule has 0 radical (unpaired) electrons. The number of piperidine rings is 5. The first kappa shape index (κ1) is 50.0. The Bertz CT molecular complexity index is 2480. The molecule has 5 atom stereocenters. The van der Waals surface area contributed by atoms with Crippen LogP contribution in [-0.4, -0.2) is 109 Å². The van der Waals surface area contributed by atoms with Gasteiger partial charge >= 0.3 is 0 Å². The number of rotatable bonds is 14. The van der Waals surface area contributed by atoms with Crippen molar-refractivity contribution in [3.05, 3.63) is 105 Å². The van der Waals surface area contributed by atoms with Crippen molar-refractivity contribution in [2.75, 3.05) is 56.5 Å². The summed E-state index contributed by atoms with van der Waals surface area (Å²) >= 11 is 13.1. The molecule has 372 valence electrons. The first-order chi connectivity index (χ1) is 33.1. The average molecular weight is 1000 g/mol. The van der Waals surface area contributed by atoms with Gasteiger partial charge in [0, 0.05) is 79.5 Å². The quantitative estimate of drug-likeness (QED) is 0.157. The molecular weight excluding hydrogens is 928 g/mol. The van der Waals surface area contributed by atoms with Crippen molar-refractivity contribution in [3.8, 4) is 0 Å². The molecule has 1 aliphatic carbocycles. The lowest BCUT2D eigenvalue weighted by molar-refractivity contribution is -0.155. The third-order valence-corrected chi connectivity index (χ3v) is 19.6. The number of nitrogens with zero attached hydrogens (tertiary/aromatic N) is 5. The summed E-state index contributed by atoms with van der Waals surface area (Å²) in [5.41, 5.74) is 4.48. The van der Waals surface area contributed by atoms with E-state index in [1.807, 2.05) is 67.4 Å². The molecule has 1 spiro atoms. The normalized spacial score (nSPS) is 26.4. The second-order valence-corrected chi connectivity index (χ2v) is 25.5. The third-order valence-electron chi connectivity index (χ3n) is 16.9. The first-order valence-corrected chi connectivity index (χ1v) is 28.3. The Morgan fingerprint density at radius 3 is 2.04 bits per heavy atom. The minimum Gasteiger partial charge on any atom is -0.375 e. The molecule has 0 bridgehead atoms. The lowest BCUT2D eigenvalue weighted by atomic mass is 9.60. The highest BCUT2D eigenvalue weighted by atomic mass is 35.5. The topological polar surface area (TPSA) is 123 Å².